The van der Waals surface area contributed by atoms with E-state index in [1.165, 1.54) is 0 Å². The van der Waals surface area contributed by atoms with Gasteiger partial charge in [-0.1, -0.05) is 12.1 Å². The van der Waals surface area contributed by atoms with Gasteiger partial charge in [0.15, 0.2) is 0 Å². The van der Waals surface area contributed by atoms with Gasteiger partial charge in [-0.05, 0) is 52.3 Å². The van der Waals surface area contributed by atoms with E-state index in [1.807, 2.05) is 17.7 Å². The molecule has 0 spiro atoms. The number of aromatic nitrogens is 2. The van der Waals surface area contributed by atoms with Crippen molar-refractivity contribution in [2.75, 3.05) is 0 Å². The summed E-state index contributed by atoms with van der Waals surface area (Å²) in [6.07, 6.45) is 2.08. The van der Waals surface area contributed by atoms with Crippen LogP contribution in [0.25, 0.3) is 0 Å². The molecule has 5 nitrogen and oxygen atoms in total. The smallest absolute Gasteiger partial charge is 0.335 e. The minimum absolute atomic E-state index is 0.0431. The molecule has 0 radical (unpaired) electrons. The summed E-state index contributed by atoms with van der Waals surface area (Å²) >= 11 is 0. The number of carboxylic acids is 1. The Kier molecular flexibility index (Phi) is 4.90. The van der Waals surface area contributed by atoms with E-state index in [9.17, 15) is 4.79 Å². The van der Waals surface area contributed by atoms with Crippen LogP contribution in [0.2, 0.25) is 0 Å². The van der Waals surface area contributed by atoms with Gasteiger partial charge in [-0.3, -0.25) is 4.68 Å². The van der Waals surface area contributed by atoms with Gasteiger partial charge in [0.05, 0.1) is 16.8 Å². The molecule has 1 heterocycles. The average molecular weight is 315 g/mol. The Hall–Kier alpha value is -2.14. The van der Waals surface area contributed by atoms with Gasteiger partial charge in [-0.25, -0.2) is 4.79 Å². The third kappa shape index (κ3) is 4.20. The highest BCUT2D eigenvalue weighted by molar-refractivity contribution is 5.87. The maximum Gasteiger partial charge on any atom is 0.335 e. The summed E-state index contributed by atoms with van der Waals surface area (Å²) in [5, 5.41) is 17.1. The van der Waals surface area contributed by atoms with Crippen LogP contribution in [-0.2, 0) is 12.1 Å². The van der Waals surface area contributed by atoms with Gasteiger partial charge in [0.1, 0.15) is 0 Å². The molecule has 2 rings (SSSR count). The van der Waals surface area contributed by atoms with E-state index in [0.29, 0.717) is 12.1 Å². The van der Waals surface area contributed by atoms with Crippen molar-refractivity contribution in [1.82, 2.24) is 15.1 Å². The molecular weight excluding hydrogens is 290 g/mol. The number of carbonyl (C=O) groups is 1. The maximum absolute atomic E-state index is 11.0. The Morgan fingerprint density at radius 1 is 1.39 bits per heavy atom. The number of rotatable bonds is 5. The molecular formula is C18H25N3O2. The SMILES string of the molecule is Cc1nn(C(C)(C)C)cc1C(C)NCc1cccc(C(=O)O)c1. The topological polar surface area (TPSA) is 67.2 Å². The van der Waals surface area contributed by atoms with Crippen molar-refractivity contribution in [1.29, 1.82) is 0 Å². The lowest BCUT2D eigenvalue weighted by Gasteiger charge is -2.19. The van der Waals surface area contributed by atoms with Gasteiger partial charge in [0, 0.05) is 24.3 Å². The zero-order valence-corrected chi connectivity index (χ0v) is 14.4. The molecule has 2 N–H and O–H groups in total. The van der Waals surface area contributed by atoms with Crippen LogP contribution < -0.4 is 5.32 Å². The molecule has 5 heteroatoms. The lowest BCUT2D eigenvalue weighted by molar-refractivity contribution is 0.0696. The van der Waals surface area contributed by atoms with Gasteiger partial charge in [-0.2, -0.15) is 5.10 Å². The van der Waals surface area contributed by atoms with Gasteiger partial charge in [0.25, 0.3) is 0 Å². The molecule has 0 saturated carbocycles. The Labute approximate surface area is 137 Å². The van der Waals surface area contributed by atoms with Crippen molar-refractivity contribution in [3.8, 4) is 0 Å². The number of carboxylic acid groups (broad SMARTS) is 1. The zero-order valence-electron chi connectivity index (χ0n) is 14.4. The average Bonchev–Trinajstić information content (AvgIpc) is 2.87. The molecule has 124 valence electrons. The summed E-state index contributed by atoms with van der Waals surface area (Å²) in [6, 6.07) is 7.14. The van der Waals surface area contributed by atoms with Crippen LogP contribution in [0.5, 0.6) is 0 Å². The van der Waals surface area contributed by atoms with Gasteiger partial charge in [-0.15, -0.1) is 0 Å². The fourth-order valence-electron chi connectivity index (χ4n) is 2.44. The molecule has 0 bridgehead atoms. The van der Waals surface area contributed by atoms with E-state index in [1.54, 1.807) is 18.2 Å². The van der Waals surface area contributed by atoms with Crippen LogP contribution in [-0.4, -0.2) is 20.9 Å². The van der Waals surface area contributed by atoms with E-state index in [2.05, 4.69) is 44.3 Å². The lowest BCUT2D eigenvalue weighted by Crippen LogP contribution is -2.22. The third-order valence-electron chi connectivity index (χ3n) is 3.88. The van der Waals surface area contributed by atoms with Gasteiger partial charge < -0.3 is 10.4 Å². The van der Waals surface area contributed by atoms with E-state index < -0.39 is 5.97 Å². The van der Waals surface area contributed by atoms with Crippen molar-refractivity contribution in [3.63, 3.8) is 0 Å². The first-order chi connectivity index (χ1) is 10.7. The molecule has 23 heavy (non-hydrogen) atoms. The standard InChI is InChI=1S/C18H25N3O2/c1-12(16-11-21(18(3,4)5)20-13(16)2)19-10-14-7-6-8-15(9-14)17(22)23/h6-9,11-12,19H,10H2,1-5H3,(H,22,23). The van der Waals surface area contributed by atoms with Crippen LogP contribution in [0.15, 0.2) is 30.5 Å². The summed E-state index contributed by atoms with van der Waals surface area (Å²) in [6.45, 7) is 11.1. The number of hydrogen-bond donors (Lipinski definition) is 2. The number of nitrogens with zero attached hydrogens (tertiary/aromatic N) is 2. The van der Waals surface area contributed by atoms with Crippen LogP contribution in [0.1, 0.15) is 60.9 Å². The minimum Gasteiger partial charge on any atom is -0.478 e. The summed E-state index contributed by atoms with van der Waals surface area (Å²) in [5.74, 6) is -0.901. The monoisotopic (exact) mass is 315 g/mol. The van der Waals surface area contributed by atoms with Crippen molar-refractivity contribution in [3.05, 3.63) is 52.8 Å². The Bertz CT molecular complexity index is 699. The largest absolute Gasteiger partial charge is 0.478 e. The first kappa shape index (κ1) is 17.2. The van der Waals surface area contributed by atoms with Crippen molar-refractivity contribution >= 4 is 5.97 Å². The number of aromatic carboxylic acids is 1. The van der Waals surface area contributed by atoms with Crippen LogP contribution in [0.4, 0.5) is 0 Å². The molecule has 1 aromatic heterocycles. The summed E-state index contributed by atoms with van der Waals surface area (Å²) in [7, 11) is 0. The van der Waals surface area contributed by atoms with Gasteiger partial charge >= 0.3 is 5.97 Å². The van der Waals surface area contributed by atoms with Crippen LogP contribution in [0, 0.1) is 6.92 Å². The molecule has 2 aromatic rings. The fourth-order valence-corrected chi connectivity index (χ4v) is 2.44. The Morgan fingerprint density at radius 2 is 2.09 bits per heavy atom. The highest BCUT2D eigenvalue weighted by atomic mass is 16.4. The minimum atomic E-state index is -0.901. The molecule has 0 aliphatic carbocycles. The molecule has 1 atom stereocenters. The molecule has 0 fully saturated rings. The van der Waals surface area contributed by atoms with Crippen LogP contribution in [0.3, 0.4) is 0 Å². The number of hydrogen-bond acceptors (Lipinski definition) is 3. The summed E-state index contributed by atoms with van der Waals surface area (Å²) in [4.78, 5) is 11.0. The Balaban J connectivity index is 2.08. The van der Waals surface area contributed by atoms with E-state index in [0.717, 1.165) is 16.8 Å². The first-order valence-electron chi connectivity index (χ1n) is 7.80. The van der Waals surface area contributed by atoms with E-state index in [4.69, 9.17) is 5.11 Å². The second kappa shape index (κ2) is 6.54. The van der Waals surface area contributed by atoms with Crippen molar-refractivity contribution < 1.29 is 9.90 Å². The fraction of sp³-hybridized carbons (Fsp3) is 0.444. The number of benzene rings is 1. The van der Waals surface area contributed by atoms with Crippen molar-refractivity contribution in [2.45, 2.75) is 52.7 Å². The highest BCUT2D eigenvalue weighted by Crippen LogP contribution is 2.21. The van der Waals surface area contributed by atoms with E-state index >= 15 is 0 Å². The highest BCUT2D eigenvalue weighted by Gasteiger charge is 2.19. The second-order valence-corrected chi connectivity index (χ2v) is 6.89. The summed E-state index contributed by atoms with van der Waals surface area (Å²) < 4.78 is 1.99. The van der Waals surface area contributed by atoms with Crippen molar-refractivity contribution in [2.24, 2.45) is 0 Å². The maximum atomic E-state index is 11.0. The quantitative estimate of drug-likeness (QED) is 0.886. The zero-order chi connectivity index (χ0) is 17.2. The number of nitrogens with one attached hydrogen (secondary N) is 1. The second-order valence-electron chi connectivity index (χ2n) is 6.89. The lowest BCUT2D eigenvalue weighted by atomic mass is 10.1. The normalized spacial score (nSPS) is 13.1. The predicted molar refractivity (Wildman–Crippen MR) is 90.6 cm³/mol. The van der Waals surface area contributed by atoms with E-state index in [-0.39, 0.29) is 11.6 Å². The molecule has 0 saturated heterocycles. The number of aryl methyl sites for hydroxylation is 1. The summed E-state index contributed by atoms with van der Waals surface area (Å²) in [5.41, 5.74) is 3.40. The molecule has 0 aliphatic heterocycles. The molecule has 0 amide bonds. The third-order valence-corrected chi connectivity index (χ3v) is 3.88. The molecule has 0 aliphatic rings. The first-order valence-corrected chi connectivity index (χ1v) is 7.80. The molecule has 1 aromatic carbocycles. The molecule has 1 unspecified atom stereocenters. The van der Waals surface area contributed by atoms with Gasteiger partial charge in [0.2, 0.25) is 0 Å². The Morgan fingerprint density at radius 3 is 2.65 bits per heavy atom. The van der Waals surface area contributed by atoms with Crippen LogP contribution >= 0.6 is 0 Å². The predicted octanol–water partition coefficient (Wildman–Crippen LogP) is 3.50.